The van der Waals surface area contributed by atoms with Crippen LogP contribution in [0.3, 0.4) is 0 Å². The van der Waals surface area contributed by atoms with E-state index in [0.717, 1.165) is 13.1 Å². The molecular formula is C10H18N2O. The standard InChI is InChI=1S/C10H18N2O/c1-2-10(13)12-6-8-4-3-5-9(7-12)11-8/h8-9,11H,2-7H2,1H3/t8-,9+. The van der Waals surface area contributed by atoms with Crippen LogP contribution in [0.1, 0.15) is 32.6 Å². The largest absolute Gasteiger partial charge is 0.340 e. The molecule has 1 N–H and O–H groups in total. The van der Waals surface area contributed by atoms with Crippen molar-refractivity contribution >= 4 is 5.91 Å². The van der Waals surface area contributed by atoms with Gasteiger partial charge in [0.2, 0.25) is 5.91 Å². The summed E-state index contributed by atoms with van der Waals surface area (Å²) in [6.45, 7) is 3.81. The lowest BCUT2D eigenvalue weighted by Gasteiger charge is -2.42. The van der Waals surface area contributed by atoms with Crippen molar-refractivity contribution in [2.75, 3.05) is 13.1 Å². The average molecular weight is 182 g/mol. The number of likely N-dealkylation sites (tertiary alicyclic amines) is 1. The van der Waals surface area contributed by atoms with E-state index in [1.807, 2.05) is 11.8 Å². The predicted molar refractivity (Wildman–Crippen MR) is 51.4 cm³/mol. The van der Waals surface area contributed by atoms with E-state index in [9.17, 15) is 4.79 Å². The molecule has 74 valence electrons. The molecule has 2 heterocycles. The number of hydrogen-bond donors (Lipinski definition) is 1. The minimum Gasteiger partial charge on any atom is -0.340 e. The Kier molecular flexibility index (Phi) is 2.54. The summed E-state index contributed by atoms with van der Waals surface area (Å²) >= 11 is 0. The zero-order chi connectivity index (χ0) is 9.26. The molecule has 0 aliphatic carbocycles. The molecule has 13 heavy (non-hydrogen) atoms. The molecule has 2 fully saturated rings. The van der Waals surface area contributed by atoms with Gasteiger partial charge < -0.3 is 10.2 Å². The van der Waals surface area contributed by atoms with Crippen LogP contribution in [0, 0.1) is 0 Å². The number of hydrogen-bond acceptors (Lipinski definition) is 2. The summed E-state index contributed by atoms with van der Waals surface area (Å²) in [6.07, 6.45) is 4.46. The molecule has 2 bridgehead atoms. The second-order valence-electron chi connectivity index (χ2n) is 4.14. The van der Waals surface area contributed by atoms with Crippen LogP contribution < -0.4 is 5.32 Å². The summed E-state index contributed by atoms with van der Waals surface area (Å²) in [6, 6.07) is 1.14. The van der Waals surface area contributed by atoms with Gasteiger partial charge in [-0.3, -0.25) is 4.79 Å². The van der Waals surface area contributed by atoms with E-state index in [4.69, 9.17) is 0 Å². The molecule has 3 heteroatoms. The minimum absolute atomic E-state index is 0.318. The van der Waals surface area contributed by atoms with Crippen LogP contribution in [0.2, 0.25) is 0 Å². The van der Waals surface area contributed by atoms with Gasteiger partial charge in [0, 0.05) is 31.6 Å². The number of fused-ring (bicyclic) bond motifs is 2. The highest BCUT2D eigenvalue weighted by Gasteiger charge is 2.31. The van der Waals surface area contributed by atoms with Gasteiger partial charge in [-0.05, 0) is 12.8 Å². The molecule has 0 radical (unpaired) electrons. The Morgan fingerprint density at radius 1 is 1.38 bits per heavy atom. The molecule has 0 aromatic carbocycles. The van der Waals surface area contributed by atoms with Crippen LogP contribution in [0.15, 0.2) is 0 Å². The van der Waals surface area contributed by atoms with Gasteiger partial charge in [0.25, 0.3) is 0 Å². The van der Waals surface area contributed by atoms with Crippen LogP contribution >= 0.6 is 0 Å². The predicted octanol–water partition coefficient (Wildman–Crippen LogP) is 0.749. The Labute approximate surface area is 79.5 Å². The molecule has 0 spiro atoms. The van der Waals surface area contributed by atoms with E-state index in [-0.39, 0.29) is 0 Å². The molecule has 0 aromatic heterocycles. The van der Waals surface area contributed by atoms with E-state index >= 15 is 0 Å². The Balaban J connectivity index is 1.97. The van der Waals surface area contributed by atoms with Crippen molar-refractivity contribution in [2.24, 2.45) is 0 Å². The number of piperazine rings is 1. The fourth-order valence-electron chi connectivity index (χ4n) is 2.43. The SMILES string of the molecule is CCC(=O)N1C[C@H]2CCC[C@@H](C1)N2. The summed E-state index contributed by atoms with van der Waals surface area (Å²) < 4.78 is 0. The number of piperidine rings is 1. The Morgan fingerprint density at radius 3 is 2.54 bits per heavy atom. The second-order valence-corrected chi connectivity index (χ2v) is 4.14. The highest BCUT2D eigenvalue weighted by atomic mass is 16.2. The maximum absolute atomic E-state index is 11.5. The van der Waals surface area contributed by atoms with Crippen molar-refractivity contribution < 1.29 is 4.79 Å². The molecule has 1 amide bonds. The molecule has 2 atom stereocenters. The third-order valence-corrected chi connectivity index (χ3v) is 3.11. The maximum Gasteiger partial charge on any atom is 0.222 e. The Bertz CT molecular complexity index is 193. The quantitative estimate of drug-likeness (QED) is 0.649. The number of amides is 1. The molecule has 0 unspecified atom stereocenters. The van der Waals surface area contributed by atoms with E-state index in [0.29, 0.717) is 24.4 Å². The van der Waals surface area contributed by atoms with E-state index in [1.165, 1.54) is 19.3 Å². The van der Waals surface area contributed by atoms with Crippen LogP contribution in [0.4, 0.5) is 0 Å². The van der Waals surface area contributed by atoms with Gasteiger partial charge in [-0.2, -0.15) is 0 Å². The minimum atomic E-state index is 0.318. The maximum atomic E-state index is 11.5. The van der Waals surface area contributed by atoms with Crippen LogP contribution in [-0.4, -0.2) is 36.0 Å². The van der Waals surface area contributed by atoms with Gasteiger partial charge in [-0.25, -0.2) is 0 Å². The summed E-state index contributed by atoms with van der Waals surface area (Å²) in [5, 5.41) is 3.57. The van der Waals surface area contributed by atoms with Crippen molar-refractivity contribution in [3.05, 3.63) is 0 Å². The lowest BCUT2D eigenvalue weighted by Crippen LogP contribution is -2.59. The Morgan fingerprint density at radius 2 is 2.00 bits per heavy atom. The van der Waals surface area contributed by atoms with Crippen LogP contribution in [0.5, 0.6) is 0 Å². The van der Waals surface area contributed by atoms with E-state index in [2.05, 4.69) is 5.32 Å². The zero-order valence-corrected chi connectivity index (χ0v) is 8.25. The highest BCUT2D eigenvalue weighted by molar-refractivity contribution is 5.76. The lowest BCUT2D eigenvalue weighted by atomic mass is 9.94. The summed E-state index contributed by atoms with van der Waals surface area (Å²) in [5.74, 6) is 0.318. The molecule has 2 aliphatic heterocycles. The average Bonchev–Trinajstić information content (AvgIpc) is 2.16. The van der Waals surface area contributed by atoms with Crippen molar-refractivity contribution in [3.63, 3.8) is 0 Å². The lowest BCUT2D eigenvalue weighted by molar-refractivity contribution is -0.133. The van der Waals surface area contributed by atoms with Crippen molar-refractivity contribution in [2.45, 2.75) is 44.7 Å². The number of nitrogens with one attached hydrogen (secondary N) is 1. The zero-order valence-electron chi connectivity index (χ0n) is 8.25. The monoisotopic (exact) mass is 182 g/mol. The molecule has 0 aromatic rings. The number of carbonyl (C=O) groups is 1. The molecule has 2 saturated heterocycles. The molecule has 2 rings (SSSR count). The van der Waals surface area contributed by atoms with Gasteiger partial charge in [-0.1, -0.05) is 13.3 Å². The molecule has 2 aliphatic rings. The normalized spacial score (nSPS) is 33.2. The summed E-state index contributed by atoms with van der Waals surface area (Å²) in [4.78, 5) is 13.5. The van der Waals surface area contributed by atoms with Crippen LogP contribution in [-0.2, 0) is 4.79 Å². The topological polar surface area (TPSA) is 32.3 Å². The fraction of sp³-hybridized carbons (Fsp3) is 0.900. The van der Waals surface area contributed by atoms with Crippen LogP contribution in [0.25, 0.3) is 0 Å². The third kappa shape index (κ3) is 1.85. The second kappa shape index (κ2) is 3.66. The van der Waals surface area contributed by atoms with Gasteiger partial charge in [-0.15, -0.1) is 0 Å². The Hall–Kier alpha value is -0.570. The van der Waals surface area contributed by atoms with Gasteiger partial charge >= 0.3 is 0 Å². The van der Waals surface area contributed by atoms with Crippen molar-refractivity contribution in [3.8, 4) is 0 Å². The number of nitrogens with zero attached hydrogens (tertiary/aromatic N) is 1. The first-order chi connectivity index (χ1) is 6.29. The molecule has 0 saturated carbocycles. The summed E-state index contributed by atoms with van der Waals surface area (Å²) in [5.41, 5.74) is 0. The highest BCUT2D eigenvalue weighted by Crippen LogP contribution is 2.19. The van der Waals surface area contributed by atoms with Gasteiger partial charge in [0.15, 0.2) is 0 Å². The van der Waals surface area contributed by atoms with E-state index in [1.54, 1.807) is 0 Å². The fourth-order valence-corrected chi connectivity index (χ4v) is 2.43. The van der Waals surface area contributed by atoms with Gasteiger partial charge in [0.1, 0.15) is 0 Å². The smallest absolute Gasteiger partial charge is 0.222 e. The number of carbonyl (C=O) groups excluding carboxylic acids is 1. The summed E-state index contributed by atoms with van der Waals surface area (Å²) in [7, 11) is 0. The van der Waals surface area contributed by atoms with Gasteiger partial charge in [0.05, 0.1) is 0 Å². The number of rotatable bonds is 1. The van der Waals surface area contributed by atoms with Crippen molar-refractivity contribution in [1.82, 2.24) is 10.2 Å². The molecule has 3 nitrogen and oxygen atoms in total. The first-order valence-electron chi connectivity index (χ1n) is 5.33. The molecular weight excluding hydrogens is 164 g/mol. The first kappa shape index (κ1) is 9.00. The third-order valence-electron chi connectivity index (χ3n) is 3.11. The van der Waals surface area contributed by atoms with E-state index < -0.39 is 0 Å². The van der Waals surface area contributed by atoms with Crippen molar-refractivity contribution in [1.29, 1.82) is 0 Å². The first-order valence-corrected chi connectivity index (χ1v) is 5.33.